The van der Waals surface area contributed by atoms with E-state index in [0.29, 0.717) is 24.7 Å². The van der Waals surface area contributed by atoms with Crippen LogP contribution in [0.5, 0.6) is 5.75 Å². The normalized spacial score (nSPS) is 10.5. The topological polar surface area (TPSA) is 95.3 Å². The summed E-state index contributed by atoms with van der Waals surface area (Å²) in [5.74, 6) is 0.536. The van der Waals surface area contributed by atoms with Crippen molar-refractivity contribution in [2.45, 2.75) is 27.2 Å². The zero-order valence-corrected chi connectivity index (χ0v) is 17.9. The van der Waals surface area contributed by atoms with E-state index in [-0.39, 0.29) is 18.8 Å². The Labute approximate surface area is 181 Å². The van der Waals surface area contributed by atoms with Crippen molar-refractivity contribution in [3.05, 3.63) is 65.7 Å². The molecule has 8 nitrogen and oxygen atoms in total. The number of benzene rings is 1. The Balaban J connectivity index is 1.56. The molecule has 1 aromatic carbocycles. The first kappa shape index (κ1) is 22.0. The second kappa shape index (κ2) is 10.4. The number of nitrogens with one attached hydrogen (secondary N) is 1. The summed E-state index contributed by atoms with van der Waals surface area (Å²) in [6.07, 6.45) is 3.32. The number of hydrogen-bond donors (Lipinski definition) is 1. The summed E-state index contributed by atoms with van der Waals surface area (Å²) < 4.78 is 12.6. The van der Waals surface area contributed by atoms with Gasteiger partial charge in [0.2, 0.25) is 11.7 Å². The Hall–Kier alpha value is -3.68. The molecule has 0 fully saturated rings. The molecule has 8 heteroatoms. The first-order valence-corrected chi connectivity index (χ1v) is 10.1. The number of nitrogens with zero attached hydrogens (tertiary/aromatic N) is 3. The molecule has 0 bridgehead atoms. The number of hydrogen-bond acceptors (Lipinski definition) is 7. The molecule has 3 aromatic rings. The highest BCUT2D eigenvalue weighted by Gasteiger charge is 2.18. The Kier molecular flexibility index (Phi) is 7.37. The second-order valence-electron chi connectivity index (χ2n) is 6.88. The van der Waals surface area contributed by atoms with Crippen molar-refractivity contribution < 1.29 is 19.1 Å². The van der Waals surface area contributed by atoms with Crippen LogP contribution in [0.4, 0.5) is 5.95 Å². The van der Waals surface area contributed by atoms with E-state index in [2.05, 4.69) is 15.3 Å². The number of carbonyl (C=O) groups excluding carboxylic acids is 2. The number of carbonyl (C=O) groups is 2. The molecule has 0 unspecified atom stereocenters. The molecule has 0 spiro atoms. The van der Waals surface area contributed by atoms with Gasteiger partial charge in [-0.3, -0.25) is 9.59 Å². The summed E-state index contributed by atoms with van der Waals surface area (Å²) in [6.45, 7) is 6.38. The Morgan fingerprint density at radius 1 is 1.10 bits per heavy atom. The third-order valence-electron chi connectivity index (χ3n) is 4.68. The predicted molar refractivity (Wildman–Crippen MR) is 117 cm³/mol. The van der Waals surface area contributed by atoms with Crippen LogP contribution in [-0.4, -0.2) is 46.0 Å². The molecule has 31 heavy (non-hydrogen) atoms. The number of aromatic nitrogens is 3. The number of esters is 1. The molecule has 162 valence electrons. The lowest BCUT2D eigenvalue weighted by atomic mass is 10.1. The van der Waals surface area contributed by atoms with Crippen LogP contribution in [0.2, 0.25) is 0 Å². The summed E-state index contributed by atoms with van der Waals surface area (Å²) in [4.78, 5) is 32.6. The first-order valence-electron chi connectivity index (χ1n) is 10.1. The molecule has 0 radical (unpaired) electrons. The van der Waals surface area contributed by atoms with E-state index >= 15 is 0 Å². The van der Waals surface area contributed by atoms with E-state index in [1.54, 1.807) is 18.5 Å². The average molecular weight is 422 g/mol. The monoisotopic (exact) mass is 422 g/mol. The van der Waals surface area contributed by atoms with Crippen molar-refractivity contribution in [3.63, 3.8) is 0 Å². The molecule has 2 heterocycles. The van der Waals surface area contributed by atoms with Gasteiger partial charge in [0.15, 0.2) is 6.61 Å². The van der Waals surface area contributed by atoms with Crippen LogP contribution in [0, 0.1) is 13.8 Å². The molecule has 0 aliphatic carbocycles. The van der Waals surface area contributed by atoms with Crippen molar-refractivity contribution in [2.24, 2.45) is 0 Å². The molecule has 0 atom stereocenters. The lowest BCUT2D eigenvalue weighted by Gasteiger charge is -2.11. The predicted octanol–water partition coefficient (Wildman–Crippen LogP) is 3.51. The van der Waals surface area contributed by atoms with Crippen molar-refractivity contribution in [2.75, 3.05) is 25.1 Å². The highest BCUT2D eigenvalue weighted by Crippen LogP contribution is 2.23. The van der Waals surface area contributed by atoms with Crippen LogP contribution in [0.15, 0.2) is 48.8 Å². The maximum atomic E-state index is 12.7. The van der Waals surface area contributed by atoms with E-state index in [9.17, 15) is 9.59 Å². The number of aryl methyl sites for hydroxylation is 1. The Morgan fingerprint density at radius 2 is 1.81 bits per heavy atom. The maximum absolute atomic E-state index is 12.7. The van der Waals surface area contributed by atoms with Crippen LogP contribution in [0.25, 0.3) is 5.69 Å². The zero-order chi connectivity index (χ0) is 22.2. The summed E-state index contributed by atoms with van der Waals surface area (Å²) in [5.41, 5.74) is 3.19. The van der Waals surface area contributed by atoms with Gasteiger partial charge in [0, 0.05) is 41.6 Å². The van der Waals surface area contributed by atoms with Crippen LogP contribution in [0.3, 0.4) is 0 Å². The van der Waals surface area contributed by atoms with Gasteiger partial charge in [0.05, 0.1) is 13.0 Å². The Bertz CT molecular complexity index is 1030. The quantitative estimate of drug-likeness (QED) is 0.395. The van der Waals surface area contributed by atoms with Crippen molar-refractivity contribution in [3.8, 4) is 11.4 Å². The highest BCUT2D eigenvalue weighted by atomic mass is 16.5. The lowest BCUT2D eigenvalue weighted by Crippen LogP contribution is -2.17. The third-order valence-corrected chi connectivity index (χ3v) is 4.68. The molecule has 0 amide bonds. The Morgan fingerprint density at radius 3 is 2.48 bits per heavy atom. The number of rotatable bonds is 10. The molecule has 1 N–H and O–H groups in total. The van der Waals surface area contributed by atoms with E-state index < -0.39 is 5.97 Å². The number of anilines is 1. The molecule has 0 saturated heterocycles. The second-order valence-corrected chi connectivity index (χ2v) is 6.88. The van der Waals surface area contributed by atoms with Crippen LogP contribution in [-0.2, 0) is 9.53 Å². The third kappa shape index (κ3) is 5.69. The number of ketones is 1. The van der Waals surface area contributed by atoms with Gasteiger partial charge in [-0.25, -0.2) is 9.97 Å². The largest absolute Gasteiger partial charge is 0.494 e. The van der Waals surface area contributed by atoms with Crippen LogP contribution < -0.4 is 10.1 Å². The zero-order valence-electron chi connectivity index (χ0n) is 17.9. The molecule has 2 aromatic heterocycles. The van der Waals surface area contributed by atoms with E-state index in [1.807, 2.05) is 55.7 Å². The summed E-state index contributed by atoms with van der Waals surface area (Å²) in [5, 5.41) is 2.92. The van der Waals surface area contributed by atoms with Gasteiger partial charge in [0.25, 0.3) is 0 Å². The van der Waals surface area contributed by atoms with Crippen molar-refractivity contribution in [1.82, 2.24) is 14.5 Å². The minimum atomic E-state index is -0.461. The summed E-state index contributed by atoms with van der Waals surface area (Å²) in [6, 6.07) is 11.2. The molecular weight excluding hydrogens is 396 g/mol. The van der Waals surface area contributed by atoms with Gasteiger partial charge >= 0.3 is 5.97 Å². The van der Waals surface area contributed by atoms with E-state index in [0.717, 1.165) is 22.8 Å². The standard InChI is InChI=1S/C23H26N4O4/c1-4-30-19-8-6-18(7-9-19)27-16(2)14-20(17(27)3)21(28)15-31-22(29)10-13-26-23-24-11-5-12-25-23/h5-9,11-12,14H,4,10,13,15H2,1-3H3,(H,24,25,26). The summed E-state index contributed by atoms with van der Waals surface area (Å²) >= 11 is 0. The average Bonchev–Trinajstić information content (AvgIpc) is 3.07. The first-order chi connectivity index (χ1) is 15.0. The van der Waals surface area contributed by atoms with E-state index in [1.165, 1.54) is 0 Å². The lowest BCUT2D eigenvalue weighted by molar-refractivity contribution is -0.142. The summed E-state index contributed by atoms with van der Waals surface area (Å²) in [7, 11) is 0. The van der Waals surface area contributed by atoms with Crippen LogP contribution in [0.1, 0.15) is 35.1 Å². The maximum Gasteiger partial charge on any atom is 0.308 e. The van der Waals surface area contributed by atoms with E-state index in [4.69, 9.17) is 9.47 Å². The van der Waals surface area contributed by atoms with Gasteiger partial charge < -0.3 is 19.4 Å². The number of Topliss-reactive ketones (excluding diaryl/α,β-unsaturated/α-hetero) is 1. The fraction of sp³-hybridized carbons (Fsp3) is 0.304. The van der Waals surface area contributed by atoms with Gasteiger partial charge in [0.1, 0.15) is 5.75 Å². The van der Waals surface area contributed by atoms with Gasteiger partial charge in [-0.2, -0.15) is 0 Å². The van der Waals surface area contributed by atoms with Crippen LogP contribution >= 0.6 is 0 Å². The number of ether oxygens (including phenoxy) is 2. The molecule has 0 saturated carbocycles. The fourth-order valence-corrected chi connectivity index (χ4v) is 3.26. The SMILES string of the molecule is CCOc1ccc(-n2c(C)cc(C(=O)COC(=O)CCNc3ncccn3)c2C)cc1. The van der Waals surface area contributed by atoms with Crippen molar-refractivity contribution in [1.29, 1.82) is 0 Å². The molecule has 3 rings (SSSR count). The minimum absolute atomic E-state index is 0.108. The smallest absolute Gasteiger partial charge is 0.308 e. The fourth-order valence-electron chi connectivity index (χ4n) is 3.26. The highest BCUT2D eigenvalue weighted by molar-refractivity contribution is 5.99. The van der Waals surface area contributed by atoms with Gasteiger partial charge in [-0.1, -0.05) is 0 Å². The van der Waals surface area contributed by atoms with Crippen molar-refractivity contribution >= 4 is 17.7 Å². The van der Waals surface area contributed by atoms with Gasteiger partial charge in [-0.05, 0) is 57.2 Å². The minimum Gasteiger partial charge on any atom is -0.494 e. The van der Waals surface area contributed by atoms with Gasteiger partial charge in [-0.15, -0.1) is 0 Å². The molecule has 0 aliphatic heterocycles. The molecular formula is C23H26N4O4. The molecule has 0 aliphatic rings.